The number of anilines is 1. The predicted octanol–water partition coefficient (Wildman–Crippen LogP) is 3.02. The minimum absolute atomic E-state index is 0.403. The highest BCUT2D eigenvalue weighted by Crippen LogP contribution is 2.36. The van der Waals surface area contributed by atoms with Crippen molar-refractivity contribution in [3.63, 3.8) is 0 Å². The summed E-state index contributed by atoms with van der Waals surface area (Å²) >= 11 is 0. The summed E-state index contributed by atoms with van der Waals surface area (Å²) in [5, 5.41) is 0. The van der Waals surface area contributed by atoms with Crippen LogP contribution in [0.3, 0.4) is 0 Å². The van der Waals surface area contributed by atoms with E-state index in [2.05, 4.69) is 22.9 Å². The molecule has 2 aliphatic rings. The number of methoxy groups -OCH3 is 1. The summed E-state index contributed by atoms with van der Waals surface area (Å²) in [4.78, 5) is 6.72. The Morgan fingerprint density at radius 1 is 1.33 bits per heavy atom. The second-order valence-electron chi connectivity index (χ2n) is 6.37. The molecule has 1 aliphatic heterocycles. The van der Waals surface area contributed by atoms with E-state index in [0.29, 0.717) is 17.9 Å². The topological polar surface area (TPSA) is 50.9 Å². The summed E-state index contributed by atoms with van der Waals surface area (Å²) < 4.78 is 5.34. The number of guanidine groups is 1. The fraction of sp³-hybridized carbons (Fsp3) is 0.588. The third kappa shape index (κ3) is 2.85. The molecule has 1 fully saturated rings. The van der Waals surface area contributed by atoms with Crippen molar-refractivity contribution in [1.29, 1.82) is 0 Å². The molecule has 114 valence electrons. The lowest BCUT2D eigenvalue weighted by molar-refractivity contribution is 0.253. The molecule has 0 radical (unpaired) electrons. The van der Waals surface area contributed by atoms with Gasteiger partial charge in [0, 0.05) is 11.8 Å². The fourth-order valence-electron chi connectivity index (χ4n) is 3.79. The molecule has 2 N–H and O–H groups in total. The minimum atomic E-state index is 0.403. The summed E-state index contributed by atoms with van der Waals surface area (Å²) in [5.41, 5.74) is 7.26. The molecular formula is C17H25N3O. The average Bonchev–Trinajstić information content (AvgIpc) is 2.89. The smallest absolute Gasteiger partial charge is 0.196 e. The van der Waals surface area contributed by atoms with E-state index in [0.717, 1.165) is 23.9 Å². The van der Waals surface area contributed by atoms with E-state index < -0.39 is 0 Å². The van der Waals surface area contributed by atoms with Crippen LogP contribution in [-0.2, 0) is 0 Å². The Hall–Kier alpha value is -1.71. The van der Waals surface area contributed by atoms with Gasteiger partial charge in [0.1, 0.15) is 5.75 Å². The Bertz CT molecular complexity index is 529. The highest BCUT2D eigenvalue weighted by Gasteiger charge is 2.35. The van der Waals surface area contributed by atoms with Crippen LogP contribution in [0.25, 0.3) is 0 Å². The maximum Gasteiger partial charge on any atom is 0.196 e. The van der Waals surface area contributed by atoms with Gasteiger partial charge in [0.2, 0.25) is 0 Å². The van der Waals surface area contributed by atoms with Crippen LogP contribution in [0.1, 0.15) is 32.6 Å². The molecule has 0 aromatic heterocycles. The zero-order chi connectivity index (χ0) is 14.8. The van der Waals surface area contributed by atoms with Crippen molar-refractivity contribution in [2.24, 2.45) is 22.6 Å². The summed E-state index contributed by atoms with van der Waals surface area (Å²) in [6.07, 6.45) is 5.26. The molecule has 0 saturated heterocycles. The SMILES string of the molecule is COc1cccc(N2C(N)=NCC2C2CCCC(C)C2)c1. The van der Waals surface area contributed by atoms with Crippen molar-refractivity contribution >= 4 is 11.6 Å². The molecule has 0 amide bonds. The van der Waals surface area contributed by atoms with Crippen LogP contribution in [-0.4, -0.2) is 25.7 Å². The second kappa shape index (κ2) is 5.96. The van der Waals surface area contributed by atoms with Crippen LogP contribution in [0.4, 0.5) is 5.69 Å². The van der Waals surface area contributed by atoms with E-state index in [-0.39, 0.29) is 0 Å². The first kappa shape index (κ1) is 14.2. The molecule has 3 atom stereocenters. The van der Waals surface area contributed by atoms with E-state index in [1.165, 1.54) is 25.7 Å². The van der Waals surface area contributed by atoms with E-state index in [4.69, 9.17) is 10.5 Å². The highest BCUT2D eigenvalue weighted by molar-refractivity contribution is 5.97. The van der Waals surface area contributed by atoms with Crippen LogP contribution in [0.2, 0.25) is 0 Å². The maximum absolute atomic E-state index is 6.17. The van der Waals surface area contributed by atoms with Crippen LogP contribution in [0, 0.1) is 11.8 Å². The third-order valence-corrected chi connectivity index (χ3v) is 4.87. The summed E-state index contributed by atoms with van der Waals surface area (Å²) in [5.74, 6) is 3.01. The molecule has 1 aromatic carbocycles. The van der Waals surface area contributed by atoms with Crippen LogP contribution < -0.4 is 15.4 Å². The zero-order valence-electron chi connectivity index (χ0n) is 13.0. The lowest BCUT2D eigenvalue weighted by atomic mass is 9.78. The Balaban J connectivity index is 1.84. The molecule has 0 spiro atoms. The molecule has 1 heterocycles. The van der Waals surface area contributed by atoms with Crippen LogP contribution in [0.15, 0.2) is 29.3 Å². The molecule has 1 aliphatic carbocycles. The number of hydrogen-bond donors (Lipinski definition) is 1. The fourth-order valence-corrected chi connectivity index (χ4v) is 3.79. The summed E-state index contributed by atoms with van der Waals surface area (Å²) in [6, 6.07) is 8.52. The first-order valence-electron chi connectivity index (χ1n) is 7.92. The number of benzene rings is 1. The van der Waals surface area contributed by atoms with Crippen LogP contribution in [0.5, 0.6) is 5.75 Å². The van der Waals surface area contributed by atoms with E-state index in [1.807, 2.05) is 18.2 Å². The Kier molecular flexibility index (Phi) is 4.04. The van der Waals surface area contributed by atoms with Gasteiger partial charge in [0.25, 0.3) is 0 Å². The monoisotopic (exact) mass is 287 g/mol. The Morgan fingerprint density at radius 3 is 2.95 bits per heavy atom. The van der Waals surface area contributed by atoms with Crippen molar-refractivity contribution in [2.45, 2.75) is 38.6 Å². The predicted molar refractivity (Wildman–Crippen MR) is 86.9 cm³/mol. The molecule has 4 heteroatoms. The number of hydrogen-bond acceptors (Lipinski definition) is 4. The van der Waals surface area contributed by atoms with Crippen LogP contribution >= 0.6 is 0 Å². The van der Waals surface area contributed by atoms with Crippen molar-refractivity contribution in [2.75, 3.05) is 18.6 Å². The van der Waals surface area contributed by atoms with Gasteiger partial charge in [-0.25, -0.2) is 0 Å². The van der Waals surface area contributed by atoms with Gasteiger partial charge < -0.3 is 15.4 Å². The number of nitrogens with two attached hydrogens (primary N) is 1. The van der Waals surface area contributed by atoms with Gasteiger partial charge in [-0.15, -0.1) is 0 Å². The van der Waals surface area contributed by atoms with Crippen molar-refractivity contribution in [1.82, 2.24) is 0 Å². The molecule has 1 aromatic rings. The second-order valence-corrected chi connectivity index (χ2v) is 6.37. The zero-order valence-corrected chi connectivity index (χ0v) is 13.0. The summed E-state index contributed by atoms with van der Waals surface area (Å²) in [6.45, 7) is 3.18. The van der Waals surface area contributed by atoms with Gasteiger partial charge >= 0.3 is 0 Å². The standard InChI is InChI=1S/C17H25N3O/c1-12-5-3-6-13(9-12)16-11-19-17(18)20(16)14-7-4-8-15(10-14)21-2/h4,7-8,10,12-13,16H,3,5-6,9,11H2,1-2H3,(H2,18,19). The molecule has 4 nitrogen and oxygen atoms in total. The maximum atomic E-state index is 6.17. The number of rotatable bonds is 3. The van der Waals surface area contributed by atoms with E-state index >= 15 is 0 Å². The highest BCUT2D eigenvalue weighted by atomic mass is 16.5. The molecule has 3 rings (SSSR count). The normalized spacial score (nSPS) is 29.3. The van der Waals surface area contributed by atoms with Gasteiger partial charge in [0.05, 0.1) is 19.7 Å². The van der Waals surface area contributed by atoms with Gasteiger partial charge in [-0.2, -0.15) is 0 Å². The van der Waals surface area contributed by atoms with E-state index in [1.54, 1.807) is 7.11 Å². The quantitative estimate of drug-likeness (QED) is 0.929. The van der Waals surface area contributed by atoms with Gasteiger partial charge in [0.15, 0.2) is 5.96 Å². The number of aliphatic imine (C=N–C) groups is 1. The number of ether oxygens (including phenoxy) is 1. The van der Waals surface area contributed by atoms with Crippen molar-refractivity contribution in [3.05, 3.63) is 24.3 Å². The first-order valence-corrected chi connectivity index (χ1v) is 7.92. The lowest BCUT2D eigenvalue weighted by Gasteiger charge is -2.36. The van der Waals surface area contributed by atoms with Gasteiger partial charge in [-0.05, 0) is 36.8 Å². The Morgan fingerprint density at radius 2 is 2.19 bits per heavy atom. The Labute approximate surface area is 127 Å². The van der Waals surface area contributed by atoms with Crippen molar-refractivity contribution < 1.29 is 4.74 Å². The third-order valence-electron chi connectivity index (χ3n) is 4.87. The van der Waals surface area contributed by atoms with E-state index in [9.17, 15) is 0 Å². The van der Waals surface area contributed by atoms with Gasteiger partial charge in [-0.3, -0.25) is 4.99 Å². The van der Waals surface area contributed by atoms with Gasteiger partial charge in [-0.1, -0.05) is 25.8 Å². The van der Waals surface area contributed by atoms with Crippen molar-refractivity contribution in [3.8, 4) is 5.75 Å². The largest absolute Gasteiger partial charge is 0.497 e. The molecule has 0 bridgehead atoms. The molecule has 3 unspecified atom stereocenters. The number of nitrogens with zero attached hydrogens (tertiary/aromatic N) is 2. The molecule has 21 heavy (non-hydrogen) atoms. The molecule has 1 saturated carbocycles. The summed E-state index contributed by atoms with van der Waals surface area (Å²) in [7, 11) is 1.70. The average molecular weight is 287 g/mol. The lowest BCUT2D eigenvalue weighted by Crippen LogP contribution is -2.45. The molecular weight excluding hydrogens is 262 g/mol. The first-order chi connectivity index (χ1) is 10.2. The minimum Gasteiger partial charge on any atom is -0.497 e.